The summed E-state index contributed by atoms with van der Waals surface area (Å²) in [6, 6.07) is 13.6. The van der Waals surface area contributed by atoms with Crippen molar-refractivity contribution in [3.63, 3.8) is 0 Å². The van der Waals surface area contributed by atoms with E-state index in [2.05, 4.69) is 4.90 Å². The van der Waals surface area contributed by atoms with Gasteiger partial charge in [0, 0.05) is 18.1 Å². The molecule has 0 fully saturated rings. The Morgan fingerprint density at radius 1 is 1.15 bits per heavy atom. The first-order valence-electron chi connectivity index (χ1n) is 8.50. The highest BCUT2D eigenvalue weighted by molar-refractivity contribution is 7.22. The molecule has 0 bridgehead atoms. The van der Waals surface area contributed by atoms with Gasteiger partial charge in [-0.25, -0.2) is 4.98 Å². The third kappa shape index (κ3) is 4.41. The summed E-state index contributed by atoms with van der Waals surface area (Å²) in [7, 11) is 4.00. The monoisotopic (exact) mass is 387 g/mol. The molecule has 0 aliphatic heterocycles. The number of likely N-dealkylation sites (N-methyl/N-ethyl adjacent to an activating group) is 1. The van der Waals surface area contributed by atoms with Gasteiger partial charge in [0.25, 0.3) is 0 Å². The van der Waals surface area contributed by atoms with Crippen LogP contribution in [0.5, 0.6) is 0 Å². The Kier molecular flexibility index (Phi) is 5.91. The molecule has 6 heteroatoms. The lowest BCUT2D eigenvalue weighted by atomic mass is 10.1. The number of thiazole rings is 1. The highest BCUT2D eigenvalue weighted by Gasteiger charge is 2.21. The van der Waals surface area contributed by atoms with E-state index < -0.39 is 0 Å². The highest BCUT2D eigenvalue weighted by atomic mass is 35.5. The van der Waals surface area contributed by atoms with Crippen LogP contribution in [-0.4, -0.2) is 43.0 Å². The lowest BCUT2D eigenvalue weighted by Crippen LogP contribution is -2.37. The van der Waals surface area contributed by atoms with Gasteiger partial charge >= 0.3 is 0 Å². The predicted molar refractivity (Wildman–Crippen MR) is 110 cm³/mol. The van der Waals surface area contributed by atoms with Crippen LogP contribution in [0.15, 0.2) is 42.5 Å². The Morgan fingerprint density at radius 3 is 2.58 bits per heavy atom. The van der Waals surface area contributed by atoms with Crippen LogP contribution in [-0.2, 0) is 11.2 Å². The van der Waals surface area contributed by atoms with Gasteiger partial charge in [-0.3, -0.25) is 9.69 Å². The largest absolute Gasteiger partial charge is 0.308 e. The van der Waals surface area contributed by atoms with Crippen LogP contribution in [0, 0.1) is 6.92 Å². The molecular weight excluding hydrogens is 366 g/mol. The van der Waals surface area contributed by atoms with E-state index in [1.54, 1.807) is 4.90 Å². The van der Waals surface area contributed by atoms with Crippen LogP contribution >= 0.6 is 22.9 Å². The summed E-state index contributed by atoms with van der Waals surface area (Å²) < 4.78 is 1.01. The molecule has 0 unspecified atom stereocenters. The minimum absolute atomic E-state index is 0.0563. The minimum atomic E-state index is 0.0563. The standard InChI is InChI=1S/C20H22ClN3OS/c1-14-11-16(21)13-17-19(14)22-20(26-17)24(10-9-23(2)3)18(25)12-15-7-5-4-6-8-15/h4-8,11,13H,9-10,12H2,1-3H3. The fraction of sp³-hybridized carbons (Fsp3) is 0.300. The zero-order chi connectivity index (χ0) is 18.7. The fourth-order valence-electron chi connectivity index (χ4n) is 2.75. The van der Waals surface area contributed by atoms with Crippen molar-refractivity contribution in [2.45, 2.75) is 13.3 Å². The number of amides is 1. The van der Waals surface area contributed by atoms with Crippen molar-refractivity contribution < 1.29 is 4.79 Å². The summed E-state index contributed by atoms with van der Waals surface area (Å²) in [6.07, 6.45) is 0.365. The molecule has 0 radical (unpaired) electrons. The molecule has 0 saturated heterocycles. The van der Waals surface area contributed by atoms with Crippen molar-refractivity contribution >= 4 is 44.2 Å². The van der Waals surface area contributed by atoms with Crippen LogP contribution in [0.25, 0.3) is 10.2 Å². The van der Waals surface area contributed by atoms with Gasteiger partial charge in [-0.05, 0) is 44.3 Å². The van der Waals surface area contributed by atoms with Crippen molar-refractivity contribution in [3.8, 4) is 0 Å². The molecule has 0 aliphatic carbocycles. The number of rotatable bonds is 6. The zero-order valence-corrected chi connectivity index (χ0v) is 16.8. The first kappa shape index (κ1) is 18.8. The Balaban J connectivity index is 1.92. The van der Waals surface area contributed by atoms with Gasteiger partial charge in [0.05, 0.1) is 16.6 Å². The second-order valence-corrected chi connectivity index (χ2v) is 8.02. The van der Waals surface area contributed by atoms with Gasteiger partial charge in [0.15, 0.2) is 5.13 Å². The first-order chi connectivity index (χ1) is 12.4. The quantitative estimate of drug-likeness (QED) is 0.629. The van der Waals surface area contributed by atoms with Crippen LogP contribution in [0.4, 0.5) is 5.13 Å². The Bertz CT molecular complexity index is 908. The van der Waals surface area contributed by atoms with E-state index in [9.17, 15) is 4.79 Å². The molecule has 0 aliphatic rings. The number of carbonyl (C=O) groups is 1. The van der Waals surface area contributed by atoms with E-state index in [1.807, 2.05) is 63.5 Å². The fourth-order valence-corrected chi connectivity index (χ4v) is 4.21. The number of anilines is 1. The van der Waals surface area contributed by atoms with E-state index in [1.165, 1.54) is 11.3 Å². The lowest BCUT2D eigenvalue weighted by molar-refractivity contribution is -0.118. The Labute approximate surface area is 163 Å². The molecule has 1 amide bonds. The molecule has 0 atom stereocenters. The molecule has 0 N–H and O–H groups in total. The SMILES string of the molecule is Cc1cc(Cl)cc2sc(N(CCN(C)C)C(=O)Cc3ccccc3)nc12. The Morgan fingerprint density at radius 2 is 1.88 bits per heavy atom. The van der Waals surface area contributed by atoms with Crippen molar-refractivity contribution in [2.24, 2.45) is 0 Å². The molecular formula is C20H22ClN3OS. The second kappa shape index (κ2) is 8.16. The molecule has 3 aromatic rings. The maximum absolute atomic E-state index is 13.0. The zero-order valence-electron chi connectivity index (χ0n) is 15.2. The number of benzene rings is 2. The molecule has 26 heavy (non-hydrogen) atoms. The topological polar surface area (TPSA) is 36.4 Å². The maximum atomic E-state index is 13.0. The van der Waals surface area contributed by atoms with E-state index >= 15 is 0 Å². The van der Waals surface area contributed by atoms with E-state index in [0.717, 1.165) is 33.0 Å². The third-order valence-corrected chi connectivity index (χ3v) is 5.38. The molecule has 0 spiro atoms. The van der Waals surface area contributed by atoms with Gasteiger partial charge in [-0.2, -0.15) is 0 Å². The smallest absolute Gasteiger partial charge is 0.233 e. The molecule has 1 aromatic heterocycles. The van der Waals surface area contributed by atoms with Crippen LogP contribution < -0.4 is 4.90 Å². The number of hydrogen-bond donors (Lipinski definition) is 0. The van der Waals surface area contributed by atoms with Gasteiger partial charge in [0.1, 0.15) is 0 Å². The summed E-state index contributed by atoms with van der Waals surface area (Å²) in [5.41, 5.74) is 2.95. The third-order valence-electron chi connectivity index (χ3n) is 4.14. The number of carbonyl (C=O) groups excluding carboxylic acids is 1. The number of nitrogens with zero attached hydrogens (tertiary/aromatic N) is 3. The molecule has 3 rings (SSSR count). The van der Waals surface area contributed by atoms with Crippen LogP contribution in [0.2, 0.25) is 5.02 Å². The summed E-state index contributed by atoms with van der Waals surface area (Å²) in [5.74, 6) is 0.0563. The predicted octanol–water partition coefficient (Wildman–Crippen LogP) is 4.40. The van der Waals surface area contributed by atoms with Crippen LogP contribution in [0.1, 0.15) is 11.1 Å². The van der Waals surface area contributed by atoms with Crippen molar-refractivity contribution in [1.29, 1.82) is 0 Å². The molecule has 4 nitrogen and oxygen atoms in total. The van der Waals surface area contributed by atoms with Crippen LogP contribution in [0.3, 0.4) is 0 Å². The van der Waals surface area contributed by atoms with E-state index in [-0.39, 0.29) is 5.91 Å². The molecule has 0 saturated carbocycles. The number of halogens is 1. The van der Waals surface area contributed by atoms with Gasteiger partial charge in [0.2, 0.25) is 5.91 Å². The number of hydrogen-bond acceptors (Lipinski definition) is 4. The Hall–Kier alpha value is -1.95. The van der Waals surface area contributed by atoms with Gasteiger partial charge in [-0.15, -0.1) is 0 Å². The van der Waals surface area contributed by atoms with Crippen molar-refractivity contribution in [1.82, 2.24) is 9.88 Å². The highest BCUT2D eigenvalue weighted by Crippen LogP contribution is 2.33. The second-order valence-electron chi connectivity index (χ2n) is 6.58. The minimum Gasteiger partial charge on any atom is -0.308 e. The van der Waals surface area contributed by atoms with E-state index in [0.29, 0.717) is 18.0 Å². The average Bonchev–Trinajstić information content (AvgIpc) is 2.99. The van der Waals surface area contributed by atoms with Crippen molar-refractivity contribution in [2.75, 3.05) is 32.1 Å². The van der Waals surface area contributed by atoms with Gasteiger partial charge < -0.3 is 4.90 Å². The summed E-state index contributed by atoms with van der Waals surface area (Å²) in [6.45, 7) is 3.37. The van der Waals surface area contributed by atoms with Crippen molar-refractivity contribution in [3.05, 3.63) is 58.6 Å². The molecule has 136 valence electrons. The number of aryl methyl sites for hydroxylation is 1. The number of aromatic nitrogens is 1. The summed E-state index contributed by atoms with van der Waals surface area (Å²) >= 11 is 7.69. The van der Waals surface area contributed by atoms with Gasteiger partial charge in [-0.1, -0.05) is 53.3 Å². The average molecular weight is 388 g/mol. The normalized spacial score (nSPS) is 11.3. The maximum Gasteiger partial charge on any atom is 0.233 e. The summed E-state index contributed by atoms with van der Waals surface area (Å²) in [5, 5.41) is 1.42. The molecule has 1 heterocycles. The summed E-state index contributed by atoms with van der Waals surface area (Å²) in [4.78, 5) is 21.6. The molecule has 2 aromatic carbocycles. The lowest BCUT2D eigenvalue weighted by Gasteiger charge is -2.22. The number of fused-ring (bicyclic) bond motifs is 1. The first-order valence-corrected chi connectivity index (χ1v) is 9.69. The van der Waals surface area contributed by atoms with E-state index in [4.69, 9.17) is 16.6 Å².